The number of benzene rings is 1. The second-order valence-corrected chi connectivity index (χ2v) is 5.82. The molecule has 1 unspecified atom stereocenters. The van der Waals surface area contributed by atoms with E-state index in [1.165, 1.54) is 0 Å². The van der Waals surface area contributed by atoms with Crippen LogP contribution in [0.4, 0.5) is 0 Å². The molecule has 2 rings (SSSR count). The van der Waals surface area contributed by atoms with Gasteiger partial charge in [-0.2, -0.15) is 0 Å². The summed E-state index contributed by atoms with van der Waals surface area (Å²) < 4.78 is 0. The zero-order valence-corrected chi connectivity index (χ0v) is 12.8. The molecule has 2 N–H and O–H groups in total. The fourth-order valence-corrected chi connectivity index (χ4v) is 2.86. The minimum Gasteiger partial charge on any atom is -0.388 e. The second kappa shape index (κ2) is 7.11. The van der Waals surface area contributed by atoms with Crippen molar-refractivity contribution in [1.82, 2.24) is 10.2 Å². The maximum Gasteiger partial charge on any atom is 0.0817 e. The first kappa shape index (κ1) is 15.4. The Labute approximate surface area is 128 Å². The van der Waals surface area contributed by atoms with Crippen LogP contribution in [0.5, 0.6) is 0 Å². The van der Waals surface area contributed by atoms with E-state index in [0.717, 1.165) is 32.7 Å². The second-order valence-electron chi connectivity index (χ2n) is 4.66. The van der Waals surface area contributed by atoms with Gasteiger partial charge in [-0.15, -0.1) is 0 Å². The molecule has 0 radical (unpaired) electrons. The van der Waals surface area contributed by atoms with Crippen LogP contribution >= 0.6 is 34.8 Å². The number of aliphatic hydroxyl groups excluding tert-OH is 1. The Bertz CT molecular complexity index is 436. The molecule has 0 amide bonds. The van der Waals surface area contributed by atoms with Gasteiger partial charge >= 0.3 is 0 Å². The van der Waals surface area contributed by atoms with Gasteiger partial charge in [-0.05, 0) is 12.5 Å². The summed E-state index contributed by atoms with van der Waals surface area (Å²) in [6, 6.07) is 3.40. The lowest BCUT2D eigenvalue weighted by Gasteiger charge is -2.28. The third kappa shape index (κ3) is 3.97. The van der Waals surface area contributed by atoms with Gasteiger partial charge in [-0.3, -0.25) is 0 Å². The molecule has 1 fully saturated rings. The molecule has 19 heavy (non-hydrogen) atoms. The van der Waals surface area contributed by atoms with Crippen molar-refractivity contribution in [2.24, 2.45) is 0 Å². The van der Waals surface area contributed by atoms with Crippen molar-refractivity contribution in [3.8, 4) is 0 Å². The number of rotatable bonds is 4. The fourth-order valence-electron chi connectivity index (χ4n) is 2.19. The number of hydrogen-bond acceptors (Lipinski definition) is 3. The SMILES string of the molecule is OC(CCN1CCNCC1)c1ccc(Cl)c(Cl)c1Cl. The van der Waals surface area contributed by atoms with Gasteiger partial charge in [0, 0.05) is 38.3 Å². The van der Waals surface area contributed by atoms with Crippen LogP contribution in [0.2, 0.25) is 15.1 Å². The van der Waals surface area contributed by atoms with Crippen LogP contribution in [0, 0.1) is 0 Å². The molecule has 0 aromatic heterocycles. The molecule has 106 valence electrons. The summed E-state index contributed by atoms with van der Waals surface area (Å²) in [4.78, 5) is 2.32. The van der Waals surface area contributed by atoms with Gasteiger partial charge in [0.1, 0.15) is 0 Å². The zero-order chi connectivity index (χ0) is 13.8. The molecule has 3 nitrogen and oxygen atoms in total. The third-order valence-corrected chi connectivity index (χ3v) is 4.66. The van der Waals surface area contributed by atoms with Crippen molar-refractivity contribution >= 4 is 34.8 Å². The standard InChI is InChI=1S/C13H17Cl3N2O/c14-10-2-1-9(12(15)13(10)16)11(19)3-6-18-7-4-17-5-8-18/h1-2,11,17,19H,3-8H2. The average molecular weight is 324 g/mol. The molecule has 1 heterocycles. The number of aliphatic hydroxyl groups is 1. The van der Waals surface area contributed by atoms with Crippen LogP contribution in [0.15, 0.2) is 12.1 Å². The molecule has 1 saturated heterocycles. The molecule has 1 aliphatic heterocycles. The van der Waals surface area contributed by atoms with Crippen LogP contribution < -0.4 is 5.32 Å². The van der Waals surface area contributed by atoms with Crippen molar-refractivity contribution < 1.29 is 5.11 Å². The van der Waals surface area contributed by atoms with Crippen molar-refractivity contribution in [1.29, 1.82) is 0 Å². The normalized spacial score (nSPS) is 18.5. The Morgan fingerprint density at radius 2 is 1.84 bits per heavy atom. The molecule has 6 heteroatoms. The summed E-state index contributed by atoms with van der Waals surface area (Å²) in [6.07, 6.45) is 0.0228. The quantitative estimate of drug-likeness (QED) is 0.836. The number of nitrogens with one attached hydrogen (secondary N) is 1. The Morgan fingerprint density at radius 3 is 2.53 bits per heavy atom. The van der Waals surface area contributed by atoms with Crippen molar-refractivity contribution in [3.63, 3.8) is 0 Å². The highest BCUT2D eigenvalue weighted by molar-refractivity contribution is 6.48. The predicted molar refractivity (Wildman–Crippen MR) is 80.4 cm³/mol. The van der Waals surface area contributed by atoms with Gasteiger partial charge < -0.3 is 15.3 Å². The van der Waals surface area contributed by atoms with Crippen molar-refractivity contribution in [3.05, 3.63) is 32.8 Å². The van der Waals surface area contributed by atoms with E-state index in [1.54, 1.807) is 12.1 Å². The Kier molecular flexibility index (Phi) is 5.75. The van der Waals surface area contributed by atoms with E-state index in [9.17, 15) is 5.11 Å². The summed E-state index contributed by atoms with van der Waals surface area (Å²) >= 11 is 18.0. The lowest BCUT2D eigenvalue weighted by atomic mass is 10.1. The van der Waals surface area contributed by atoms with Gasteiger partial charge in [0.2, 0.25) is 0 Å². The number of nitrogens with zero attached hydrogens (tertiary/aromatic N) is 1. The lowest BCUT2D eigenvalue weighted by Crippen LogP contribution is -2.44. The number of piperazine rings is 1. The van der Waals surface area contributed by atoms with Gasteiger partial charge in [0.25, 0.3) is 0 Å². The molecule has 1 aliphatic rings. The van der Waals surface area contributed by atoms with E-state index in [1.807, 2.05) is 0 Å². The van der Waals surface area contributed by atoms with E-state index in [-0.39, 0.29) is 0 Å². The van der Waals surface area contributed by atoms with Crippen LogP contribution in [-0.4, -0.2) is 42.7 Å². The molecular weight excluding hydrogens is 307 g/mol. The summed E-state index contributed by atoms with van der Waals surface area (Å²) in [5.41, 5.74) is 0.645. The van der Waals surface area contributed by atoms with E-state index >= 15 is 0 Å². The van der Waals surface area contributed by atoms with Gasteiger partial charge in [-0.25, -0.2) is 0 Å². The summed E-state index contributed by atoms with van der Waals surface area (Å²) in [7, 11) is 0. The van der Waals surface area contributed by atoms with Gasteiger partial charge in [0.15, 0.2) is 0 Å². The summed E-state index contributed by atoms with van der Waals surface area (Å²) in [5.74, 6) is 0. The van der Waals surface area contributed by atoms with E-state index in [4.69, 9.17) is 34.8 Å². The Hall–Kier alpha value is -0.0300. The highest BCUT2D eigenvalue weighted by atomic mass is 35.5. The number of halogens is 3. The van der Waals surface area contributed by atoms with Gasteiger partial charge in [-0.1, -0.05) is 40.9 Å². The van der Waals surface area contributed by atoms with Crippen LogP contribution in [0.1, 0.15) is 18.1 Å². The minimum absolute atomic E-state index is 0.307. The summed E-state index contributed by atoms with van der Waals surface area (Å²) in [5, 5.41) is 14.6. The summed E-state index contributed by atoms with van der Waals surface area (Å²) in [6.45, 7) is 4.89. The molecule has 1 aromatic rings. The molecule has 1 atom stereocenters. The maximum absolute atomic E-state index is 10.2. The van der Waals surface area contributed by atoms with E-state index < -0.39 is 6.10 Å². The average Bonchev–Trinajstić information content (AvgIpc) is 2.43. The van der Waals surface area contributed by atoms with Gasteiger partial charge in [0.05, 0.1) is 21.2 Å². The molecular formula is C13H17Cl3N2O. The Balaban J connectivity index is 1.95. The fraction of sp³-hybridized carbons (Fsp3) is 0.538. The first-order valence-electron chi connectivity index (χ1n) is 6.34. The maximum atomic E-state index is 10.2. The third-order valence-electron chi connectivity index (χ3n) is 3.35. The topological polar surface area (TPSA) is 35.5 Å². The molecule has 0 spiro atoms. The smallest absolute Gasteiger partial charge is 0.0817 e. The van der Waals surface area contributed by atoms with E-state index in [2.05, 4.69) is 10.2 Å². The largest absolute Gasteiger partial charge is 0.388 e. The van der Waals surface area contributed by atoms with E-state index in [0.29, 0.717) is 27.1 Å². The first-order valence-corrected chi connectivity index (χ1v) is 7.47. The Morgan fingerprint density at radius 1 is 1.16 bits per heavy atom. The van der Waals surface area contributed by atoms with Crippen molar-refractivity contribution in [2.45, 2.75) is 12.5 Å². The van der Waals surface area contributed by atoms with Crippen LogP contribution in [-0.2, 0) is 0 Å². The lowest BCUT2D eigenvalue weighted by molar-refractivity contribution is 0.137. The highest BCUT2D eigenvalue weighted by Crippen LogP contribution is 2.36. The van der Waals surface area contributed by atoms with Crippen molar-refractivity contribution in [2.75, 3.05) is 32.7 Å². The molecule has 0 aliphatic carbocycles. The highest BCUT2D eigenvalue weighted by Gasteiger charge is 2.17. The monoisotopic (exact) mass is 322 g/mol. The van der Waals surface area contributed by atoms with Crippen LogP contribution in [0.3, 0.4) is 0 Å². The molecule has 0 saturated carbocycles. The number of hydrogen-bond donors (Lipinski definition) is 2. The minimum atomic E-state index is -0.614. The predicted octanol–water partition coefficient (Wildman–Crippen LogP) is 2.98. The zero-order valence-electron chi connectivity index (χ0n) is 10.5. The molecule has 0 bridgehead atoms. The van der Waals surface area contributed by atoms with Crippen LogP contribution in [0.25, 0.3) is 0 Å². The molecule has 1 aromatic carbocycles. The first-order chi connectivity index (χ1) is 9.09.